The molecule has 0 radical (unpaired) electrons. The lowest BCUT2D eigenvalue weighted by Crippen LogP contribution is -2.59. The molecule has 110 valence electrons. The van der Waals surface area contributed by atoms with E-state index in [0.717, 1.165) is 44.9 Å². The van der Waals surface area contributed by atoms with Gasteiger partial charge in [-0.3, -0.25) is 9.69 Å². The average Bonchev–Trinajstić information content (AvgIpc) is 2.39. The molecule has 2 heterocycles. The van der Waals surface area contributed by atoms with Gasteiger partial charge in [0.05, 0.1) is 5.54 Å². The zero-order valence-corrected chi connectivity index (χ0v) is 12.7. The van der Waals surface area contributed by atoms with Gasteiger partial charge in [-0.15, -0.1) is 0 Å². The van der Waals surface area contributed by atoms with Crippen molar-refractivity contribution in [3.05, 3.63) is 0 Å². The van der Waals surface area contributed by atoms with Crippen LogP contribution in [0.25, 0.3) is 0 Å². The normalized spacial score (nSPS) is 24.7. The van der Waals surface area contributed by atoms with E-state index in [1.54, 1.807) is 0 Å². The van der Waals surface area contributed by atoms with Crippen molar-refractivity contribution in [2.45, 2.75) is 58.0 Å². The minimum absolute atomic E-state index is 0.281. The van der Waals surface area contributed by atoms with Crippen molar-refractivity contribution >= 4 is 5.91 Å². The summed E-state index contributed by atoms with van der Waals surface area (Å²) in [5, 5.41) is 0. The molecule has 1 amide bonds. The van der Waals surface area contributed by atoms with Gasteiger partial charge in [-0.05, 0) is 58.5 Å². The van der Waals surface area contributed by atoms with E-state index in [2.05, 4.69) is 25.7 Å². The Bertz CT molecular complexity index is 313. The van der Waals surface area contributed by atoms with Crippen LogP contribution in [0.5, 0.6) is 0 Å². The second-order valence-corrected chi connectivity index (χ2v) is 6.86. The van der Waals surface area contributed by atoms with Gasteiger partial charge in [0.15, 0.2) is 0 Å². The first kappa shape index (κ1) is 14.8. The average molecular weight is 267 g/mol. The zero-order chi connectivity index (χ0) is 14.0. The molecular formula is C15H29N3O. The summed E-state index contributed by atoms with van der Waals surface area (Å²) in [5.41, 5.74) is 5.56. The van der Waals surface area contributed by atoms with E-state index >= 15 is 0 Å². The lowest BCUT2D eigenvalue weighted by molar-refractivity contribution is -0.144. The summed E-state index contributed by atoms with van der Waals surface area (Å²) < 4.78 is 0. The van der Waals surface area contributed by atoms with Crippen LogP contribution in [0.1, 0.15) is 46.5 Å². The van der Waals surface area contributed by atoms with Crippen LogP contribution in [0.15, 0.2) is 0 Å². The molecule has 0 aromatic heterocycles. The maximum absolute atomic E-state index is 12.8. The molecule has 0 spiro atoms. The van der Waals surface area contributed by atoms with Gasteiger partial charge in [0.25, 0.3) is 0 Å². The number of piperidine rings is 2. The monoisotopic (exact) mass is 267 g/mol. The molecule has 0 saturated carbocycles. The fraction of sp³-hybridized carbons (Fsp3) is 0.933. The molecule has 4 heteroatoms. The second-order valence-electron chi connectivity index (χ2n) is 6.86. The number of nitrogens with two attached hydrogens (primary N) is 1. The number of rotatable bonds is 2. The third kappa shape index (κ3) is 3.29. The summed E-state index contributed by atoms with van der Waals surface area (Å²) >= 11 is 0. The predicted molar refractivity (Wildman–Crippen MR) is 77.8 cm³/mol. The van der Waals surface area contributed by atoms with Crippen molar-refractivity contribution in [2.24, 2.45) is 11.7 Å². The highest BCUT2D eigenvalue weighted by Gasteiger charge is 2.39. The van der Waals surface area contributed by atoms with Gasteiger partial charge in [0, 0.05) is 19.1 Å². The Kier molecular flexibility index (Phi) is 4.51. The van der Waals surface area contributed by atoms with Gasteiger partial charge in [-0.2, -0.15) is 0 Å². The number of likely N-dealkylation sites (tertiary alicyclic amines) is 2. The molecule has 0 atom stereocenters. The molecule has 0 aromatic carbocycles. The van der Waals surface area contributed by atoms with Gasteiger partial charge in [-0.25, -0.2) is 0 Å². The van der Waals surface area contributed by atoms with Crippen LogP contribution >= 0.6 is 0 Å². The fourth-order valence-electron chi connectivity index (χ4n) is 3.19. The zero-order valence-electron chi connectivity index (χ0n) is 12.7. The molecule has 4 nitrogen and oxygen atoms in total. The van der Waals surface area contributed by atoms with Crippen molar-refractivity contribution in [3.63, 3.8) is 0 Å². The van der Waals surface area contributed by atoms with Gasteiger partial charge < -0.3 is 10.6 Å². The van der Waals surface area contributed by atoms with Gasteiger partial charge in [0.2, 0.25) is 5.91 Å². The summed E-state index contributed by atoms with van der Waals surface area (Å²) in [5.74, 6) is 1.09. The van der Waals surface area contributed by atoms with Gasteiger partial charge >= 0.3 is 0 Å². The number of carbonyl (C=O) groups excluding carboxylic acids is 1. The highest BCUT2D eigenvalue weighted by Crippen LogP contribution is 2.26. The van der Waals surface area contributed by atoms with Crippen molar-refractivity contribution in [1.29, 1.82) is 0 Å². The number of hydrogen-bond acceptors (Lipinski definition) is 3. The quantitative estimate of drug-likeness (QED) is 0.824. The molecular weight excluding hydrogens is 238 g/mol. The summed E-state index contributed by atoms with van der Waals surface area (Å²) in [4.78, 5) is 17.1. The standard InChI is InChI=1S/C15H29N3O/c1-12-4-10-18(11-5-12)15(2,3)14(19)17-8-6-13(16)7-9-17/h12-13H,4-11,16H2,1-3H3. The molecule has 0 bridgehead atoms. The minimum Gasteiger partial charge on any atom is -0.341 e. The molecule has 2 aliphatic rings. The molecule has 2 aliphatic heterocycles. The van der Waals surface area contributed by atoms with Crippen molar-refractivity contribution in [2.75, 3.05) is 26.2 Å². The Labute approximate surface area is 117 Å². The summed E-state index contributed by atoms with van der Waals surface area (Å²) in [7, 11) is 0. The number of amides is 1. The highest BCUT2D eigenvalue weighted by molar-refractivity contribution is 5.85. The van der Waals surface area contributed by atoms with Crippen LogP contribution < -0.4 is 5.73 Å². The Morgan fingerprint density at radius 3 is 2.11 bits per heavy atom. The van der Waals surface area contributed by atoms with Crippen molar-refractivity contribution in [3.8, 4) is 0 Å². The number of carbonyl (C=O) groups is 1. The molecule has 2 fully saturated rings. The van der Waals surface area contributed by atoms with Crippen LogP contribution in [-0.4, -0.2) is 53.5 Å². The Morgan fingerprint density at radius 1 is 1.05 bits per heavy atom. The third-order valence-electron chi connectivity index (χ3n) is 4.92. The Morgan fingerprint density at radius 2 is 1.58 bits per heavy atom. The predicted octanol–water partition coefficient (Wildman–Crippen LogP) is 1.45. The molecule has 19 heavy (non-hydrogen) atoms. The Hall–Kier alpha value is -0.610. The molecule has 2 rings (SSSR count). The van der Waals surface area contributed by atoms with E-state index in [-0.39, 0.29) is 17.5 Å². The van der Waals surface area contributed by atoms with E-state index in [1.807, 2.05) is 4.90 Å². The fourth-order valence-corrected chi connectivity index (χ4v) is 3.19. The summed E-state index contributed by atoms with van der Waals surface area (Å²) in [6, 6.07) is 0.281. The minimum atomic E-state index is -0.360. The molecule has 0 aromatic rings. The molecule has 2 N–H and O–H groups in total. The van der Waals surface area contributed by atoms with Crippen LogP contribution in [-0.2, 0) is 4.79 Å². The summed E-state index contributed by atoms with van der Waals surface area (Å²) in [6.07, 6.45) is 4.31. The van der Waals surface area contributed by atoms with E-state index in [9.17, 15) is 4.79 Å². The van der Waals surface area contributed by atoms with Crippen LogP contribution in [0.4, 0.5) is 0 Å². The first-order valence-corrected chi connectivity index (χ1v) is 7.71. The van der Waals surface area contributed by atoms with E-state index in [0.29, 0.717) is 0 Å². The molecule has 0 unspecified atom stereocenters. The first-order chi connectivity index (χ1) is 8.91. The van der Waals surface area contributed by atoms with Crippen molar-refractivity contribution in [1.82, 2.24) is 9.80 Å². The maximum Gasteiger partial charge on any atom is 0.242 e. The highest BCUT2D eigenvalue weighted by atomic mass is 16.2. The SMILES string of the molecule is CC1CCN(C(C)(C)C(=O)N2CCC(N)CC2)CC1. The van der Waals surface area contributed by atoms with Crippen LogP contribution in [0.2, 0.25) is 0 Å². The molecule has 0 aliphatic carbocycles. The number of nitrogens with zero attached hydrogens (tertiary/aromatic N) is 2. The lowest BCUT2D eigenvalue weighted by Gasteiger charge is -2.44. The largest absolute Gasteiger partial charge is 0.341 e. The maximum atomic E-state index is 12.8. The summed E-state index contributed by atoms with van der Waals surface area (Å²) in [6.45, 7) is 10.2. The van der Waals surface area contributed by atoms with Gasteiger partial charge in [-0.1, -0.05) is 6.92 Å². The Balaban J connectivity index is 1.96. The second kappa shape index (κ2) is 5.80. The number of hydrogen-bond donors (Lipinski definition) is 1. The van der Waals surface area contributed by atoms with Gasteiger partial charge in [0.1, 0.15) is 0 Å². The molecule has 2 saturated heterocycles. The lowest BCUT2D eigenvalue weighted by atomic mass is 9.92. The van der Waals surface area contributed by atoms with Crippen LogP contribution in [0, 0.1) is 5.92 Å². The van der Waals surface area contributed by atoms with Crippen molar-refractivity contribution < 1.29 is 4.79 Å². The smallest absolute Gasteiger partial charge is 0.242 e. The van der Waals surface area contributed by atoms with Crippen LogP contribution in [0.3, 0.4) is 0 Å². The van der Waals surface area contributed by atoms with E-state index in [1.165, 1.54) is 12.8 Å². The van der Waals surface area contributed by atoms with E-state index < -0.39 is 0 Å². The topological polar surface area (TPSA) is 49.6 Å². The third-order valence-corrected chi connectivity index (χ3v) is 4.92. The van der Waals surface area contributed by atoms with E-state index in [4.69, 9.17) is 5.73 Å². The first-order valence-electron chi connectivity index (χ1n) is 7.71.